The normalized spacial score (nSPS) is 11.1. The van der Waals surface area contributed by atoms with Crippen LogP contribution in [0.3, 0.4) is 0 Å². The van der Waals surface area contributed by atoms with E-state index in [1.165, 1.54) is 19.2 Å². The Morgan fingerprint density at radius 2 is 1.67 bits per heavy atom. The number of anilines is 1. The molecule has 0 aliphatic carbocycles. The van der Waals surface area contributed by atoms with Crippen molar-refractivity contribution >= 4 is 17.3 Å². The topological polar surface area (TPSA) is 127 Å². The summed E-state index contributed by atoms with van der Waals surface area (Å²) >= 11 is 0. The molecule has 9 nitrogen and oxygen atoms in total. The van der Waals surface area contributed by atoms with Crippen LogP contribution in [0, 0.1) is 21.4 Å². The van der Waals surface area contributed by atoms with Gasteiger partial charge < -0.3 is 20.1 Å². The van der Waals surface area contributed by atoms with E-state index in [0.29, 0.717) is 34.9 Å². The van der Waals surface area contributed by atoms with Gasteiger partial charge in [-0.05, 0) is 65.2 Å². The molecule has 39 heavy (non-hydrogen) atoms. The molecule has 0 heterocycles. The average molecular weight is 523 g/mol. The van der Waals surface area contributed by atoms with Gasteiger partial charge in [0.05, 0.1) is 23.7 Å². The molecule has 0 saturated heterocycles. The number of carbonyl (C=O) groups excluding carboxylic acids is 1. The van der Waals surface area contributed by atoms with Crippen molar-refractivity contribution in [2.45, 2.75) is 19.2 Å². The summed E-state index contributed by atoms with van der Waals surface area (Å²) in [5, 5.41) is 26.2. The number of hydrogen-bond acceptors (Lipinski definition) is 7. The van der Waals surface area contributed by atoms with Crippen LogP contribution in [0.15, 0.2) is 97.1 Å². The zero-order valence-corrected chi connectivity index (χ0v) is 21.2. The number of carbonyl (C=O) groups is 1. The summed E-state index contributed by atoms with van der Waals surface area (Å²) < 4.78 is 11.5. The monoisotopic (exact) mass is 522 g/mol. The van der Waals surface area contributed by atoms with Crippen molar-refractivity contribution < 1.29 is 19.2 Å². The number of nitro benzene ring substituents is 1. The fourth-order valence-electron chi connectivity index (χ4n) is 3.85. The number of benzene rings is 4. The molecular weight excluding hydrogens is 496 g/mol. The lowest BCUT2D eigenvalue weighted by molar-refractivity contribution is -0.384. The van der Waals surface area contributed by atoms with Gasteiger partial charge in [-0.2, -0.15) is 5.26 Å². The predicted molar refractivity (Wildman–Crippen MR) is 146 cm³/mol. The van der Waals surface area contributed by atoms with Crippen LogP contribution in [-0.2, 0) is 17.9 Å². The van der Waals surface area contributed by atoms with E-state index in [-0.39, 0.29) is 18.2 Å². The molecule has 0 radical (unpaired) electrons. The number of ether oxygens (including phenoxy) is 2. The van der Waals surface area contributed by atoms with Gasteiger partial charge in [-0.15, -0.1) is 0 Å². The average Bonchev–Trinajstić information content (AvgIpc) is 2.98. The summed E-state index contributed by atoms with van der Waals surface area (Å²) in [6.45, 7) is 0.539. The molecule has 4 aromatic rings. The Kier molecular flexibility index (Phi) is 8.72. The molecule has 1 amide bonds. The zero-order chi connectivity index (χ0) is 27.6. The first-order valence-corrected chi connectivity index (χ1v) is 12.1. The third-order valence-corrected chi connectivity index (χ3v) is 5.96. The summed E-state index contributed by atoms with van der Waals surface area (Å²) in [7, 11) is 1.51. The number of amides is 1. The molecule has 0 bridgehead atoms. The first-order chi connectivity index (χ1) is 19.0. The molecule has 196 valence electrons. The molecule has 1 atom stereocenters. The zero-order valence-electron chi connectivity index (χ0n) is 21.2. The lowest BCUT2D eigenvalue weighted by Gasteiger charge is -2.21. The van der Waals surface area contributed by atoms with E-state index >= 15 is 0 Å². The van der Waals surface area contributed by atoms with Crippen molar-refractivity contribution in [2.75, 3.05) is 12.4 Å². The van der Waals surface area contributed by atoms with Gasteiger partial charge >= 0.3 is 0 Å². The summed E-state index contributed by atoms with van der Waals surface area (Å²) in [5.41, 5.74) is 3.56. The van der Waals surface area contributed by atoms with Crippen LogP contribution in [0.25, 0.3) is 0 Å². The highest BCUT2D eigenvalue weighted by atomic mass is 16.6. The van der Waals surface area contributed by atoms with E-state index in [9.17, 15) is 14.9 Å². The summed E-state index contributed by atoms with van der Waals surface area (Å²) in [5.74, 6) is 0.642. The molecule has 4 aromatic carbocycles. The van der Waals surface area contributed by atoms with Crippen LogP contribution < -0.4 is 20.1 Å². The second kappa shape index (κ2) is 12.7. The van der Waals surface area contributed by atoms with E-state index in [4.69, 9.17) is 14.7 Å². The highest BCUT2D eigenvalue weighted by molar-refractivity contribution is 5.86. The molecule has 0 aromatic heterocycles. The van der Waals surface area contributed by atoms with Crippen LogP contribution >= 0.6 is 0 Å². The minimum absolute atomic E-state index is 0.00651. The first-order valence-electron chi connectivity index (χ1n) is 12.1. The third-order valence-electron chi connectivity index (χ3n) is 5.96. The van der Waals surface area contributed by atoms with Crippen molar-refractivity contribution in [1.29, 1.82) is 5.26 Å². The number of hydrogen-bond donors (Lipinski definition) is 2. The number of nitriles is 1. The molecule has 2 N–H and O–H groups in total. The van der Waals surface area contributed by atoms with Gasteiger partial charge in [-0.3, -0.25) is 14.9 Å². The number of rotatable bonds is 11. The lowest BCUT2D eigenvalue weighted by Crippen LogP contribution is -2.33. The minimum Gasteiger partial charge on any atom is -0.493 e. The van der Waals surface area contributed by atoms with Gasteiger partial charge in [0.25, 0.3) is 5.69 Å². The summed E-state index contributed by atoms with van der Waals surface area (Å²) in [6, 6.07) is 29.1. The van der Waals surface area contributed by atoms with Gasteiger partial charge in [0, 0.05) is 24.4 Å². The van der Waals surface area contributed by atoms with E-state index < -0.39 is 11.0 Å². The van der Waals surface area contributed by atoms with Crippen LogP contribution in [0.2, 0.25) is 0 Å². The SMILES string of the molecule is COc1cc([C@H](Nc2ccc(C#N)cc2)C(=O)NCc2ccccc2)ccc1OCc1ccc([N+](=O)[O-])cc1. The summed E-state index contributed by atoms with van der Waals surface area (Å²) in [4.78, 5) is 23.8. The van der Waals surface area contributed by atoms with Crippen molar-refractivity contribution in [2.24, 2.45) is 0 Å². The molecule has 0 aliphatic heterocycles. The lowest BCUT2D eigenvalue weighted by atomic mass is 10.0. The van der Waals surface area contributed by atoms with E-state index in [2.05, 4.69) is 16.7 Å². The fourth-order valence-corrected chi connectivity index (χ4v) is 3.85. The number of nitrogens with one attached hydrogen (secondary N) is 2. The quantitative estimate of drug-likeness (QED) is 0.196. The first kappa shape index (κ1) is 26.7. The molecule has 0 unspecified atom stereocenters. The molecule has 9 heteroatoms. The van der Waals surface area contributed by atoms with E-state index in [1.807, 2.05) is 30.3 Å². The third kappa shape index (κ3) is 7.11. The Labute approximate surface area is 225 Å². The second-order valence-electron chi connectivity index (χ2n) is 8.59. The van der Waals surface area contributed by atoms with Crippen LogP contribution in [0.5, 0.6) is 11.5 Å². The molecule has 0 spiro atoms. The molecule has 0 fully saturated rings. The van der Waals surface area contributed by atoms with Gasteiger partial charge in [0.15, 0.2) is 11.5 Å². The van der Waals surface area contributed by atoms with Gasteiger partial charge in [0.2, 0.25) is 5.91 Å². The highest BCUT2D eigenvalue weighted by Crippen LogP contribution is 2.32. The van der Waals surface area contributed by atoms with Gasteiger partial charge in [-0.1, -0.05) is 36.4 Å². The van der Waals surface area contributed by atoms with Crippen molar-refractivity contribution in [3.63, 3.8) is 0 Å². The van der Waals surface area contributed by atoms with E-state index in [0.717, 1.165) is 11.1 Å². The Bertz CT molecular complexity index is 1470. The highest BCUT2D eigenvalue weighted by Gasteiger charge is 2.22. The number of nitrogens with zero attached hydrogens (tertiary/aromatic N) is 2. The molecule has 0 aliphatic rings. The predicted octanol–water partition coefficient (Wildman–Crippen LogP) is 5.52. The summed E-state index contributed by atoms with van der Waals surface area (Å²) in [6.07, 6.45) is 0. The van der Waals surface area contributed by atoms with E-state index in [1.54, 1.807) is 54.6 Å². The molecule has 4 rings (SSSR count). The standard InChI is InChI=1S/C30H26N4O5/c1-38-28-17-24(11-16-27(28)39-20-23-9-14-26(15-10-23)34(36)37)29(33-25-12-7-21(18-31)8-13-25)30(35)32-19-22-5-3-2-4-6-22/h2-17,29,33H,19-20H2,1H3,(H,32,35)/t29-/m0/s1. The Balaban J connectivity index is 1.54. The van der Waals surface area contributed by atoms with Crippen LogP contribution in [0.1, 0.15) is 28.3 Å². The number of non-ortho nitro benzene ring substituents is 1. The Morgan fingerprint density at radius 3 is 2.31 bits per heavy atom. The molecule has 0 saturated carbocycles. The number of methoxy groups -OCH3 is 1. The number of nitro groups is 1. The maximum Gasteiger partial charge on any atom is 0.269 e. The van der Waals surface area contributed by atoms with Crippen LogP contribution in [0.4, 0.5) is 11.4 Å². The van der Waals surface area contributed by atoms with Crippen molar-refractivity contribution in [3.05, 3.63) is 129 Å². The Morgan fingerprint density at radius 1 is 0.949 bits per heavy atom. The smallest absolute Gasteiger partial charge is 0.269 e. The van der Waals surface area contributed by atoms with Crippen molar-refractivity contribution in [3.8, 4) is 17.6 Å². The largest absolute Gasteiger partial charge is 0.493 e. The second-order valence-corrected chi connectivity index (χ2v) is 8.59. The van der Waals surface area contributed by atoms with Gasteiger partial charge in [-0.25, -0.2) is 0 Å². The molecular formula is C30H26N4O5. The Hall–Kier alpha value is -5.36. The van der Waals surface area contributed by atoms with Crippen LogP contribution in [-0.4, -0.2) is 17.9 Å². The van der Waals surface area contributed by atoms with Crippen molar-refractivity contribution in [1.82, 2.24) is 5.32 Å². The fraction of sp³-hybridized carbons (Fsp3) is 0.133. The minimum atomic E-state index is -0.765. The maximum absolute atomic E-state index is 13.4. The van der Waals surface area contributed by atoms with Gasteiger partial charge in [0.1, 0.15) is 12.6 Å². The maximum atomic E-state index is 13.4.